The first-order chi connectivity index (χ1) is 15.1. The van der Waals surface area contributed by atoms with E-state index >= 15 is 0 Å². The SMILES string of the molecule is O=C(CCn1ncc(=O)c2ccccc21)NCC(c1cccc(F)c1)N1CCOCC1. The van der Waals surface area contributed by atoms with Crippen molar-refractivity contribution in [2.24, 2.45) is 0 Å². The van der Waals surface area contributed by atoms with Gasteiger partial charge in [-0.25, -0.2) is 4.39 Å². The van der Waals surface area contributed by atoms with Crippen LogP contribution in [0.25, 0.3) is 10.9 Å². The molecule has 2 heterocycles. The normalized spacial score (nSPS) is 15.6. The Morgan fingerprint density at radius 1 is 1.16 bits per heavy atom. The highest BCUT2D eigenvalue weighted by Gasteiger charge is 2.23. The maximum atomic E-state index is 13.8. The average Bonchev–Trinajstić information content (AvgIpc) is 2.80. The van der Waals surface area contributed by atoms with E-state index in [0.717, 1.165) is 18.7 Å². The molecule has 1 N–H and O–H groups in total. The fourth-order valence-corrected chi connectivity index (χ4v) is 3.91. The lowest BCUT2D eigenvalue weighted by molar-refractivity contribution is -0.121. The van der Waals surface area contributed by atoms with Crippen LogP contribution in [0.3, 0.4) is 0 Å². The topological polar surface area (TPSA) is 76.5 Å². The van der Waals surface area contributed by atoms with Gasteiger partial charge in [-0.2, -0.15) is 5.10 Å². The molecule has 1 aromatic heterocycles. The number of nitrogens with one attached hydrogen (secondary N) is 1. The van der Waals surface area contributed by atoms with E-state index in [-0.39, 0.29) is 29.6 Å². The summed E-state index contributed by atoms with van der Waals surface area (Å²) in [6.07, 6.45) is 1.50. The van der Waals surface area contributed by atoms with Crippen LogP contribution in [0.15, 0.2) is 59.5 Å². The van der Waals surface area contributed by atoms with Crippen molar-refractivity contribution in [3.05, 3.63) is 76.3 Å². The number of morpholine rings is 1. The van der Waals surface area contributed by atoms with Crippen LogP contribution in [-0.2, 0) is 16.1 Å². The fraction of sp³-hybridized carbons (Fsp3) is 0.348. The number of aryl methyl sites for hydroxylation is 1. The van der Waals surface area contributed by atoms with Crippen LogP contribution < -0.4 is 10.7 Å². The van der Waals surface area contributed by atoms with E-state index in [0.29, 0.717) is 37.2 Å². The quantitative estimate of drug-likeness (QED) is 0.629. The molecule has 0 saturated carbocycles. The van der Waals surface area contributed by atoms with Crippen molar-refractivity contribution in [2.45, 2.75) is 19.0 Å². The molecule has 3 aromatic rings. The number of fused-ring (bicyclic) bond motifs is 1. The van der Waals surface area contributed by atoms with Crippen molar-refractivity contribution >= 4 is 16.8 Å². The second-order valence-corrected chi connectivity index (χ2v) is 7.52. The van der Waals surface area contributed by atoms with E-state index in [1.165, 1.54) is 18.3 Å². The van der Waals surface area contributed by atoms with Gasteiger partial charge in [-0.05, 0) is 29.8 Å². The van der Waals surface area contributed by atoms with Gasteiger partial charge in [0.05, 0.1) is 37.5 Å². The molecule has 1 amide bonds. The molecule has 31 heavy (non-hydrogen) atoms. The minimum Gasteiger partial charge on any atom is -0.379 e. The molecule has 1 fully saturated rings. The van der Waals surface area contributed by atoms with Crippen molar-refractivity contribution in [1.29, 1.82) is 0 Å². The fourth-order valence-electron chi connectivity index (χ4n) is 3.91. The van der Waals surface area contributed by atoms with Crippen LogP contribution in [0.2, 0.25) is 0 Å². The molecule has 7 nitrogen and oxygen atoms in total. The lowest BCUT2D eigenvalue weighted by atomic mass is 10.0. The zero-order valence-electron chi connectivity index (χ0n) is 17.2. The summed E-state index contributed by atoms with van der Waals surface area (Å²) in [7, 11) is 0. The number of benzene rings is 2. The van der Waals surface area contributed by atoms with Gasteiger partial charge in [0.15, 0.2) is 0 Å². The lowest BCUT2D eigenvalue weighted by Crippen LogP contribution is -2.44. The molecule has 8 heteroatoms. The molecule has 0 radical (unpaired) electrons. The number of hydrogen-bond donors (Lipinski definition) is 1. The zero-order valence-corrected chi connectivity index (χ0v) is 17.2. The largest absolute Gasteiger partial charge is 0.379 e. The third kappa shape index (κ3) is 5.15. The highest BCUT2D eigenvalue weighted by molar-refractivity contribution is 5.79. The van der Waals surface area contributed by atoms with Crippen LogP contribution in [0.4, 0.5) is 4.39 Å². The van der Waals surface area contributed by atoms with Crippen LogP contribution in [0.5, 0.6) is 0 Å². The molecule has 0 bridgehead atoms. The van der Waals surface area contributed by atoms with E-state index in [4.69, 9.17) is 4.74 Å². The summed E-state index contributed by atoms with van der Waals surface area (Å²) in [5.74, 6) is -0.419. The summed E-state index contributed by atoms with van der Waals surface area (Å²) >= 11 is 0. The summed E-state index contributed by atoms with van der Waals surface area (Å²) in [4.78, 5) is 26.7. The number of carbonyl (C=O) groups excluding carboxylic acids is 1. The van der Waals surface area contributed by atoms with Crippen LogP contribution in [-0.4, -0.2) is 53.4 Å². The van der Waals surface area contributed by atoms with Crippen LogP contribution in [0, 0.1) is 5.82 Å². The highest BCUT2D eigenvalue weighted by Crippen LogP contribution is 2.22. The van der Waals surface area contributed by atoms with E-state index in [2.05, 4.69) is 15.3 Å². The number of ether oxygens (including phenoxy) is 1. The maximum absolute atomic E-state index is 13.8. The Morgan fingerprint density at radius 2 is 1.97 bits per heavy atom. The minimum atomic E-state index is -0.293. The third-order valence-corrected chi connectivity index (χ3v) is 5.53. The summed E-state index contributed by atoms with van der Waals surface area (Å²) < 4.78 is 20.9. The molecule has 1 atom stereocenters. The van der Waals surface area contributed by atoms with E-state index in [9.17, 15) is 14.0 Å². The number of aromatic nitrogens is 2. The van der Waals surface area contributed by atoms with Crippen molar-refractivity contribution < 1.29 is 13.9 Å². The van der Waals surface area contributed by atoms with Gasteiger partial charge in [0.25, 0.3) is 0 Å². The lowest BCUT2D eigenvalue weighted by Gasteiger charge is -2.35. The zero-order chi connectivity index (χ0) is 21.6. The minimum absolute atomic E-state index is 0.126. The number of hydrogen-bond acceptors (Lipinski definition) is 5. The monoisotopic (exact) mass is 424 g/mol. The Morgan fingerprint density at radius 3 is 2.77 bits per heavy atom. The molecule has 0 spiro atoms. The first-order valence-electron chi connectivity index (χ1n) is 10.4. The number of amides is 1. The van der Waals surface area contributed by atoms with Gasteiger partial charge in [0, 0.05) is 31.4 Å². The Labute approximate surface area is 179 Å². The molecule has 2 aromatic carbocycles. The van der Waals surface area contributed by atoms with Crippen molar-refractivity contribution in [3.8, 4) is 0 Å². The molecule has 0 aliphatic carbocycles. The van der Waals surface area contributed by atoms with Crippen LogP contribution >= 0.6 is 0 Å². The number of nitrogens with zero attached hydrogens (tertiary/aromatic N) is 3. The highest BCUT2D eigenvalue weighted by atomic mass is 19.1. The van der Waals surface area contributed by atoms with Gasteiger partial charge in [-0.1, -0.05) is 24.3 Å². The molecule has 1 saturated heterocycles. The summed E-state index contributed by atoms with van der Waals surface area (Å²) in [5, 5.41) is 7.73. The van der Waals surface area contributed by atoms with Gasteiger partial charge in [-0.3, -0.25) is 19.2 Å². The Bertz CT molecular complexity index is 1110. The second-order valence-electron chi connectivity index (χ2n) is 7.52. The first-order valence-corrected chi connectivity index (χ1v) is 10.4. The molecular formula is C23H25FN4O3. The standard InChI is InChI=1S/C23H25FN4O3/c24-18-5-3-4-17(14-18)21(27-10-12-31-13-11-27)15-25-23(30)8-9-28-20-7-2-1-6-19(20)22(29)16-26-28/h1-7,14,16,21H,8-13,15H2,(H,25,30). The van der Waals surface area contributed by atoms with Crippen molar-refractivity contribution in [2.75, 3.05) is 32.8 Å². The molecule has 1 aliphatic rings. The summed E-state index contributed by atoms with van der Waals surface area (Å²) in [5.41, 5.74) is 1.39. The molecule has 4 rings (SSSR count). The number of rotatable bonds is 7. The molecule has 162 valence electrons. The summed E-state index contributed by atoms with van der Waals surface area (Å²) in [6, 6.07) is 13.6. The van der Waals surface area contributed by atoms with E-state index in [1.807, 2.05) is 18.2 Å². The predicted molar refractivity (Wildman–Crippen MR) is 115 cm³/mol. The maximum Gasteiger partial charge on any atom is 0.221 e. The Balaban J connectivity index is 1.41. The summed E-state index contributed by atoms with van der Waals surface area (Å²) in [6.45, 7) is 3.42. The van der Waals surface area contributed by atoms with Gasteiger partial charge >= 0.3 is 0 Å². The number of carbonyl (C=O) groups is 1. The van der Waals surface area contributed by atoms with E-state index in [1.54, 1.807) is 22.9 Å². The van der Waals surface area contributed by atoms with Crippen LogP contribution in [0.1, 0.15) is 18.0 Å². The van der Waals surface area contributed by atoms with Crippen molar-refractivity contribution in [3.63, 3.8) is 0 Å². The van der Waals surface area contributed by atoms with Gasteiger partial charge in [-0.15, -0.1) is 0 Å². The molecule has 1 aliphatic heterocycles. The predicted octanol–water partition coefficient (Wildman–Crippen LogP) is 2.12. The molecule has 1 unspecified atom stereocenters. The number of halogens is 1. The number of para-hydroxylation sites is 1. The van der Waals surface area contributed by atoms with Gasteiger partial charge < -0.3 is 10.1 Å². The third-order valence-electron chi connectivity index (χ3n) is 5.53. The van der Waals surface area contributed by atoms with E-state index < -0.39 is 0 Å². The van der Waals surface area contributed by atoms with Crippen molar-refractivity contribution in [1.82, 2.24) is 20.0 Å². The average molecular weight is 424 g/mol. The van der Waals surface area contributed by atoms with Gasteiger partial charge in [0.2, 0.25) is 11.3 Å². The molecular weight excluding hydrogens is 399 g/mol. The first kappa shape index (κ1) is 21.1. The van der Waals surface area contributed by atoms with Gasteiger partial charge in [0.1, 0.15) is 5.82 Å². The Kier molecular flexibility index (Phi) is 6.69. The Hall–Kier alpha value is -3.10. The second kappa shape index (κ2) is 9.80. The smallest absolute Gasteiger partial charge is 0.221 e.